The number of rotatable bonds is 3. The van der Waals surface area contributed by atoms with E-state index in [2.05, 4.69) is 0 Å². The van der Waals surface area contributed by atoms with Crippen LogP contribution in [0.25, 0.3) is 0 Å². The van der Waals surface area contributed by atoms with Crippen molar-refractivity contribution >= 4 is 28.2 Å². The lowest BCUT2D eigenvalue weighted by Gasteiger charge is -2.29. The zero-order chi connectivity index (χ0) is 13.4. The highest BCUT2D eigenvalue weighted by molar-refractivity contribution is 7.16. The molecular weight excluding hydrogens is 254 g/mol. The zero-order valence-electron chi connectivity index (χ0n) is 9.97. The molecule has 98 valence electrons. The van der Waals surface area contributed by atoms with Crippen LogP contribution in [0, 0.1) is 0 Å². The number of nitrogens with two attached hydrogens (primary N) is 2. The summed E-state index contributed by atoms with van der Waals surface area (Å²) in [6.07, 6.45) is 0.610. The first-order valence-electron chi connectivity index (χ1n) is 5.58. The van der Waals surface area contributed by atoms with Crippen molar-refractivity contribution < 1.29 is 14.7 Å². The number of aliphatic carboxylic acids is 1. The zero-order valence-corrected chi connectivity index (χ0v) is 10.8. The van der Waals surface area contributed by atoms with E-state index in [1.807, 2.05) is 4.90 Å². The predicted octanol–water partition coefficient (Wildman–Crippen LogP) is 0.260. The molecule has 1 aromatic heterocycles. The molecule has 0 saturated heterocycles. The summed E-state index contributed by atoms with van der Waals surface area (Å²) in [4.78, 5) is 25.1. The van der Waals surface area contributed by atoms with E-state index in [4.69, 9.17) is 16.6 Å². The topological polar surface area (TPSA) is 110 Å². The van der Waals surface area contributed by atoms with Crippen molar-refractivity contribution in [2.75, 3.05) is 12.3 Å². The fraction of sp³-hybridized carbons (Fsp3) is 0.455. The van der Waals surface area contributed by atoms with Gasteiger partial charge >= 0.3 is 5.97 Å². The van der Waals surface area contributed by atoms with Gasteiger partial charge in [0, 0.05) is 18.0 Å². The monoisotopic (exact) mass is 269 g/mol. The quantitative estimate of drug-likeness (QED) is 0.729. The largest absolute Gasteiger partial charge is 0.480 e. The van der Waals surface area contributed by atoms with Crippen molar-refractivity contribution in [1.29, 1.82) is 0 Å². The average Bonchev–Trinajstić information content (AvgIpc) is 2.62. The first-order valence-corrected chi connectivity index (χ1v) is 6.40. The van der Waals surface area contributed by atoms with E-state index in [1.165, 1.54) is 11.3 Å². The van der Waals surface area contributed by atoms with Gasteiger partial charge in [0.25, 0.3) is 5.91 Å². The second-order valence-corrected chi connectivity index (χ2v) is 5.48. The van der Waals surface area contributed by atoms with Crippen LogP contribution in [0.3, 0.4) is 0 Å². The number of anilines is 1. The van der Waals surface area contributed by atoms with E-state index in [9.17, 15) is 9.59 Å². The van der Waals surface area contributed by atoms with Gasteiger partial charge in [-0.2, -0.15) is 0 Å². The number of fused-ring (bicyclic) bond motifs is 1. The van der Waals surface area contributed by atoms with Crippen LogP contribution in [0.1, 0.15) is 27.7 Å². The molecule has 1 aromatic rings. The lowest BCUT2D eigenvalue weighted by atomic mass is 10.0. The Morgan fingerprint density at radius 1 is 1.50 bits per heavy atom. The summed E-state index contributed by atoms with van der Waals surface area (Å²) >= 11 is 1.32. The summed E-state index contributed by atoms with van der Waals surface area (Å²) in [6, 6.07) is -0.543. The highest BCUT2D eigenvalue weighted by Crippen LogP contribution is 2.35. The fourth-order valence-corrected chi connectivity index (χ4v) is 3.35. The first-order chi connectivity index (χ1) is 8.41. The van der Waals surface area contributed by atoms with Gasteiger partial charge in [-0.15, -0.1) is 11.3 Å². The van der Waals surface area contributed by atoms with Gasteiger partial charge in [0.15, 0.2) is 0 Å². The Kier molecular flexibility index (Phi) is 3.27. The number of nitrogen functional groups attached to an aromatic ring is 1. The number of thiophene rings is 1. The molecule has 6 nitrogen and oxygen atoms in total. The third kappa shape index (κ3) is 2.06. The standard InChI is InChI=1S/C11H15N3O3S/c1-5(11(16)17)14-3-2-6-7(4-14)18-10(13)8(6)9(12)15/h5H,2-4,13H2,1H3,(H2,12,15)(H,16,17). The van der Waals surface area contributed by atoms with E-state index in [-0.39, 0.29) is 0 Å². The Balaban J connectivity index is 2.29. The van der Waals surface area contributed by atoms with Crippen LogP contribution in [0.4, 0.5) is 5.00 Å². The average molecular weight is 269 g/mol. The molecule has 1 atom stereocenters. The molecular formula is C11H15N3O3S. The Morgan fingerprint density at radius 3 is 2.72 bits per heavy atom. The molecule has 2 rings (SSSR count). The molecule has 5 N–H and O–H groups in total. The molecule has 18 heavy (non-hydrogen) atoms. The third-order valence-corrected chi connectivity index (χ3v) is 4.31. The Morgan fingerprint density at radius 2 is 2.17 bits per heavy atom. The Bertz CT molecular complexity index is 512. The highest BCUT2D eigenvalue weighted by atomic mass is 32.1. The summed E-state index contributed by atoms with van der Waals surface area (Å²) in [5.41, 5.74) is 12.4. The second kappa shape index (κ2) is 4.58. The molecule has 1 aliphatic rings. The molecule has 0 aromatic carbocycles. The van der Waals surface area contributed by atoms with Crippen molar-refractivity contribution in [2.45, 2.75) is 25.9 Å². The minimum Gasteiger partial charge on any atom is -0.480 e. The Hall–Kier alpha value is -1.60. The normalized spacial score (nSPS) is 17.2. The number of carboxylic acids is 1. The minimum atomic E-state index is -0.849. The van der Waals surface area contributed by atoms with Gasteiger partial charge in [0.2, 0.25) is 0 Å². The molecule has 0 saturated carbocycles. The maximum atomic E-state index is 11.3. The van der Waals surface area contributed by atoms with Gasteiger partial charge < -0.3 is 16.6 Å². The molecule has 1 aliphatic heterocycles. The lowest BCUT2D eigenvalue weighted by Crippen LogP contribution is -2.41. The van der Waals surface area contributed by atoms with Crippen LogP contribution in [0.15, 0.2) is 0 Å². The maximum absolute atomic E-state index is 11.3. The van der Waals surface area contributed by atoms with Gasteiger partial charge in [-0.3, -0.25) is 14.5 Å². The molecule has 0 spiro atoms. The predicted molar refractivity (Wildman–Crippen MR) is 68.5 cm³/mol. The van der Waals surface area contributed by atoms with Gasteiger partial charge in [0.05, 0.1) is 10.6 Å². The van der Waals surface area contributed by atoms with Crippen LogP contribution in [-0.4, -0.2) is 34.5 Å². The number of hydrogen-bond donors (Lipinski definition) is 3. The van der Waals surface area contributed by atoms with E-state index in [0.717, 1.165) is 10.4 Å². The lowest BCUT2D eigenvalue weighted by molar-refractivity contribution is -0.142. The van der Waals surface area contributed by atoms with E-state index < -0.39 is 17.9 Å². The number of nitrogens with zero attached hydrogens (tertiary/aromatic N) is 1. The van der Waals surface area contributed by atoms with Gasteiger partial charge in [-0.05, 0) is 18.9 Å². The SMILES string of the molecule is CC(C(=O)O)N1CCc2c(sc(N)c2C(N)=O)C1. The number of amides is 1. The number of carbonyl (C=O) groups excluding carboxylic acids is 1. The summed E-state index contributed by atoms with van der Waals surface area (Å²) < 4.78 is 0. The van der Waals surface area contributed by atoms with Crippen molar-refractivity contribution in [3.8, 4) is 0 Å². The van der Waals surface area contributed by atoms with Crippen molar-refractivity contribution in [3.63, 3.8) is 0 Å². The first kappa shape index (κ1) is 12.8. The number of carbonyl (C=O) groups is 2. The summed E-state index contributed by atoms with van der Waals surface area (Å²) in [5.74, 6) is -1.36. The molecule has 0 aliphatic carbocycles. The maximum Gasteiger partial charge on any atom is 0.320 e. The van der Waals surface area contributed by atoms with Crippen LogP contribution in [0.2, 0.25) is 0 Å². The third-order valence-electron chi connectivity index (χ3n) is 3.27. The summed E-state index contributed by atoms with van der Waals surface area (Å²) in [6.45, 7) is 2.75. The smallest absolute Gasteiger partial charge is 0.320 e. The van der Waals surface area contributed by atoms with Crippen molar-refractivity contribution in [3.05, 3.63) is 16.0 Å². The molecule has 0 fully saturated rings. The van der Waals surface area contributed by atoms with Crippen LogP contribution in [-0.2, 0) is 17.8 Å². The molecule has 1 unspecified atom stereocenters. The van der Waals surface area contributed by atoms with E-state index >= 15 is 0 Å². The number of hydrogen-bond acceptors (Lipinski definition) is 5. The molecule has 7 heteroatoms. The van der Waals surface area contributed by atoms with Crippen molar-refractivity contribution in [1.82, 2.24) is 4.90 Å². The number of primary amides is 1. The van der Waals surface area contributed by atoms with E-state index in [1.54, 1.807) is 6.92 Å². The molecule has 0 radical (unpaired) electrons. The summed E-state index contributed by atoms with van der Waals surface area (Å²) in [5, 5.41) is 9.42. The minimum absolute atomic E-state index is 0.414. The summed E-state index contributed by atoms with van der Waals surface area (Å²) in [7, 11) is 0. The van der Waals surface area contributed by atoms with Crippen LogP contribution in [0.5, 0.6) is 0 Å². The highest BCUT2D eigenvalue weighted by Gasteiger charge is 2.29. The van der Waals surface area contributed by atoms with Crippen LogP contribution >= 0.6 is 11.3 Å². The van der Waals surface area contributed by atoms with Gasteiger partial charge in [-0.1, -0.05) is 0 Å². The molecule has 2 heterocycles. The van der Waals surface area contributed by atoms with E-state index in [0.29, 0.717) is 30.1 Å². The van der Waals surface area contributed by atoms with Gasteiger partial charge in [0.1, 0.15) is 6.04 Å². The second-order valence-electron chi connectivity index (χ2n) is 4.34. The molecule has 0 bridgehead atoms. The number of carboxylic acid groups (broad SMARTS) is 1. The molecule has 1 amide bonds. The van der Waals surface area contributed by atoms with Crippen molar-refractivity contribution in [2.24, 2.45) is 5.73 Å². The van der Waals surface area contributed by atoms with Gasteiger partial charge in [-0.25, -0.2) is 0 Å². The fourth-order valence-electron chi connectivity index (χ4n) is 2.20. The Labute approximate surface area is 108 Å². The van der Waals surface area contributed by atoms with Crippen LogP contribution < -0.4 is 11.5 Å².